The monoisotopic (exact) mass is 374 g/mol. The van der Waals surface area contributed by atoms with Gasteiger partial charge >= 0.3 is 6.18 Å². The number of pyridine rings is 1. The van der Waals surface area contributed by atoms with Crippen molar-refractivity contribution in [2.75, 3.05) is 20.2 Å². The minimum atomic E-state index is -4.54. The first-order chi connectivity index (χ1) is 11.8. The van der Waals surface area contributed by atoms with Gasteiger partial charge in [-0.25, -0.2) is 4.98 Å². The summed E-state index contributed by atoms with van der Waals surface area (Å²) in [4.78, 5) is 7.10. The second-order valence-electron chi connectivity index (χ2n) is 6.22. The standard InChI is InChI=1S/C16H21F3N4OS/c1-9-4-3-5-23(9)8-12-13(22-15(20)25-12)10-6-11(16(17,18)19)14(24-2)21-7-10/h6-7,9,15,22H,3-5,8,20H2,1-2H3. The highest BCUT2D eigenvalue weighted by atomic mass is 32.2. The van der Waals surface area contributed by atoms with Crippen molar-refractivity contribution in [2.45, 2.75) is 37.5 Å². The molecular weight excluding hydrogens is 353 g/mol. The van der Waals surface area contributed by atoms with Crippen molar-refractivity contribution in [1.82, 2.24) is 15.2 Å². The summed E-state index contributed by atoms with van der Waals surface area (Å²) in [7, 11) is 1.18. The zero-order chi connectivity index (χ0) is 18.2. The maximum absolute atomic E-state index is 13.3. The first-order valence-electron chi connectivity index (χ1n) is 8.07. The van der Waals surface area contributed by atoms with Gasteiger partial charge in [-0.1, -0.05) is 11.8 Å². The second kappa shape index (κ2) is 7.05. The Hall–Kier alpha value is -1.45. The van der Waals surface area contributed by atoms with Crippen LogP contribution in [0.1, 0.15) is 30.9 Å². The Morgan fingerprint density at radius 3 is 2.84 bits per heavy atom. The molecule has 0 radical (unpaired) electrons. The molecule has 9 heteroatoms. The van der Waals surface area contributed by atoms with Crippen molar-refractivity contribution < 1.29 is 17.9 Å². The highest BCUT2D eigenvalue weighted by Crippen LogP contribution is 2.39. The summed E-state index contributed by atoms with van der Waals surface area (Å²) < 4.78 is 44.5. The molecule has 3 rings (SSSR count). The fourth-order valence-corrected chi connectivity index (χ4v) is 4.21. The van der Waals surface area contributed by atoms with Gasteiger partial charge in [0.1, 0.15) is 11.1 Å². The van der Waals surface area contributed by atoms with Crippen LogP contribution in [0.2, 0.25) is 0 Å². The van der Waals surface area contributed by atoms with Crippen molar-refractivity contribution in [2.24, 2.45) is 5.73 Å². The van der Waals surface area contributed by atoms with E-state index >= 15 is 0 Å². The largest absolute Gasteiger partial charge is 0.481 e. The minimum Gasteiger partial charge on any atom is -0.481 e. The Labute approximate surface area is 148 Å². The smallest absolute Gasteiger partial charge is 0.421 e. The van der Waals surface area contributed by atoms with Crippen molar-refractivity contribution in [3.05, 3.63) is 28.3 Å². The van der Waals surface area contributed by atoms with Crippen LogP contribution < -0.4 is 15.8 Å². The second-order valence-corrected chi connectivity index (χ2v) is 7.46. The molecule has 25 heavy (non-hydrogen) atoms. The molecule has 138 valence electrons. The lowest BCUT2D eigenvalue weighted by Gasteiger charge is -2.21. The Bertz CT molecular complexity index is 680. The van der Waals surface area contributed by atoms with E-state index in [0.717, 1.165) is 30.4 Å². The minimum absolute atomic E-state index is 0.371. The van der Waals surface area contributed by atoms with Gasteiger partial charge in [0.2, 0.25) is 5.88 Å². The molecule has 0 bridgehead atoms. The summed E-state index contributed by atoms with van der Waals surface area (Å²) in [6.07, 6.45) is -0.875. The molecule has 0 spiro atoms. The Kier molecular flexibility index (Phi) is 5.17. The first kappa shape index (κ1) is 18.3. The van der Waals surface area contributed by atoms with Crippen LogP contribution in [-0.2, 0) is 6.18 Å². The number of nitrogens with two attached hydrogens (primary N) is 1. The number of thioether (sulfide) groups is 1. The van der Waals surface area contributed by atoms with Gasteiger partial charge in [-0.15, -0.1) is 0 Å². The van der Waals surface area contributed by atoms with E-state index in [1.54, 1.807) is 0 Å². The number of halogens is 3. The van der Waals surface area contributed by atoms with E-state index in [-0.39, 0.29) is 5.50 Å². The summed E-state index contributed by atoms with van der Waals surface area (Å²) >= 11 is 1.44. The molecule has 0 amide bonds. The maximum atomic E-state index is 13.3. The fourth-order valence-electron chi connectivity index (χ4n) is 3.19. The van der Waals surface area contributed by atoms with Gasteiger partial charge in [-0.3, -0.25) is 4.90 Å². The van der Waals surface area contributed by atoms with Crippen molar-refractivity contribution in [1.29, 1.82) is 0 Å². The number of nitrogens with one attached hydrogen (secondary N) is 1. The van der Waals surface area contributed by atoms with Crippen LogP contribution in [-0.4, -0.2) is 41.6 Å². The molecule has 3 heterocycles. The van der Waals surface area contributed by atoms with Gasteiger partial charge in [-0.2, -0.15) is 13.2 Å². The molecule has 2 aliphatic rings. The average molecular weight is 374 g/mol. The van der Waals surface area contributed by atoms with Crippen LogP contribution in [0.25, 0.3) is 5.70 Å². The molecule has 2 aliphatic heterocycles. The molecule has 1 aromatic heterocycles. The number of hydrogen-bond acceptors (Lipinski definition) is 6. The summed E-state index contributed by atoms with van der Waals surface area (Å²) in [5.74, 6) is -0.429. The highest BCUT2D eigenvalue weighted by Gasteiger charge is 2.36. The number of hydrogen-bond donors (Lipinski definition) is 2. The summed E-state index contributed by atoms with van der Waals surface area (Å²) in [6.45, 7) is 3.83. The molecule has 2 atom stereocenters. The lowest BCUT2D eigenvalue weighted by molar-refractivity contribution is -0.139. The summed E-state index contributed by atoms with van der Waals surface area (Å²) in [5.41, 5.74) is 5.70. The Morgan fingerprint density at radius 1 is 1.48 bits per heavy atom. The molecule has 0 saturated carbocycles. The van der Waals surface area contributed by atoms with E-state index in [2.05, 4.69) is 22.1 Å². The van der Waals surface area contributed by atoms with E-state index in [0.29, 0.717) is 23.8 Å². The van der Waals surface area contributed by atoms with Crippen LogP contribution in [0.5, 0.6) is 5.88 Å². The first-order valence-corrected chi connectivity index (χ1v) is 8.95. The van der Waals surface area contributed by atoms with Crippen molar-refractivity contribution in [3.8, 4) is 5.88 Å². The number of ether oxygens (including phenoxy) is 1. The molecule has 2 unspecified atom stereocenters. The molecule has 3 N–H and O–H groups in total. The molecule has 1 fully saturated rings. The molecule has 0 aromatic carbocycles. The normalized spacial score (nSPS) is 24.7. The fraction of sp³-hybridized carbons (Fsp3) is 0.562. The van der Waals surface area contributed by atoms with Crippen LogP contribution >= 0.6 is 11.8 Å². The number of alkyl halides is 3. The SMILES string of the molecule is COc1ncc(C2=C(CN3CCCC3C)SC(N)N2)cc1C(F)(F)F. The lowest BCUT2D eigenvalue weighted by atomic mass is 10.1. The topological polar surface area (TPSA) is 63.4 Å². The van der Waals surface area contributed by atoms with Gasteiger partial charge in [-0.05, 0) is 32.4 Å². The van der Waals surface area contributed by atoms with Crippen LogP contribution in [0.3, 0.4) is 0 Å². The molecule has 0 aliphatic carbocycles. The molecular formula is C16H21F3N4OS. The third kappa shape index (κ3) is 3.88. The zero-order valence-corrected chi connectivity index (χ0v) is 14.9. The average Bonchev–Trinajstić information content (AvgIpc) is 3.12. The maximum Gasteiger partial charge on any atom is 0.421 e. The summed E-state index contributed by atoms with van der Waals surface area (Å²) in [6, 6.07) is 1.53. The van der Waals surface area contributed by atoms with Gasteiger partial charge in [0.05, 0.1) is 12.8 Å². The Balaban J connectivity index is 1.95. The van der Waals surface area contributed by atoms with E-state index in [1.807, 2.05) is 0 Å². The number of methoxy groups -OCH3 is 1. The van der Waals surface area contributed by atoms with Crippen LogP contribution in [0.4, 0.5) is 13.2 Å². The van der Waals surface area contributed by atoms with Gasteiger partial charge in [0.15, 0.2) is 0 Å². The van der Waals surface area contributed by atoms with Crippen LogP contribution in [0, 0.1) is 0 Å². The molecule has 1 saturated heterocycles. The summed E-state index contributed by atoms with van der Waals surface area (Å²) in [5, 5.41) is 3.07. The van der Waals surface area contributed by atoms with Gasteiger partial charge in [0.25, 0.3) is 0 Å². The van der Waals surface area contributed by atoms with E-state index < -0.39 is 17.6 Å². The van der Waals surface area contributed by atoms with Crippen molar-refractivity contribution >= 4 is 17.5 Å². The predicted molar refractivity (Wildman–Crippen MR) is 91.7 cm³/mol. The lowest BCUT2D eigenvalue weighted by Crippen LogP contribution is -2.28. The third-order valence-electron chi connectivity index (χ3n) is 4.51. The highest BCUT2D eigenvalue weighted by molar-refractivity contribution is 8.04. The van der Waals surface area contributed by atoms with Crippen LogP contribution in [0.15, 0.2) is 17.2 Å². The predicted octanol–water partition coefficient (Wildman–Crippen LogP) is 2.84. The number of aromatic nitrogens is 1. The van der Waals surface area contributed by atoms with Gasteiger partial charge in [0, 0.05) is 29.3 Å². The van der Waals surface area contributed by atoms with E-state index in [1.165, 1.54) is 25.1 Å². The van der Waals surface area contributed by atoms with E-state index in [9.17, 15) is 13.2 Å². The van der Waals surface area contributed by atoms with Crippen molar-refractivity contribution in [3.63, 3.8) is 0 Å². The zero-order valence-electron chi connectivity index (χ0n) is 14.1. The van der Waals surface area contributed by atoms with Gasteiger partial charge < -0.3 is 15.8 Å². The molecule has 1 aromatic rings. The number of rotatable bonds is 4. The quantitative estimate of drug-likeness (QED) is 0.845. The third-order valence-corrected chi connectivity index (χ3v) is 5.50. The number of likely N-dealkylation sites (tertiary alicyclic amines) is 1. The molecule has 5 nitrogen and oxygen atoms in total. The Morgan fingerprint density at radius 2 is 2.24 bits per heavy atom. The number of nitrogens with zero attached hydrogens (tertiary/aromatic N) is 2. The van der Waals surface area contributed by atoms with E-state index in [4.69, 9.17) is 10.5 Å².